The summed E-state index contributed by atoms with van der Waals surface area (Å²) in [4.78, 5) is 65.7. The lowest BCUT2D eigenvalue weighted by atomic mass is 9.43. The van der Waals surface area contributed by atoms with Gasteiger partial charge in [-0.05, 0) is 97.7 Å². The smallest absolute Gasteiger partial charge is 0.393 e. The van der Waals surface area contributed by atoms with E-state index in [9.17, 15) is 53.5 Å². The number of aromatic nitrogens is 2. The van der Waals surface area contributed by atoms with Gasteiger partial charge in [0.25, 0.3) is 0 Å². The van der Waals surface area contributed by atoms with Crippen molar-refractivity contribution in [3.05, 3.63) is 22.2 Å². The first kappa shape index (κ1) is 47.4. The van der Waals surface area contributed by atoms with Gasteiger partial charge in [0.05, 0.1) is 43.1 Å². The summed E-state index contributed by atoms with van der Waals surface area (Å²) in [6.45, 7) is 5.60. The van der Waals surface area contributed by atoms with Gasteiger partial charge in [-0.1, -0.05) is 32.6 Å². The lowest BCUT2D eigenvalue weighted by molar-refractivity contribution is -0.207. The number of nitrogens with two attached hydrogens (primary N) is 1. The second-order valence-electron chi connectivity index (χ2n) is 17.7. The molecule has 60 heavy (non-hydrogen) atoms. The van der Waals surface area contributed by atoms with Gasteiger partial charge in [-0.3, -0.25) is 13.9 Å². The summed E-state index contributed by atoms with van der Waals surface area (Å²) in [5.74, 6) is 6.07. The Labute approximate surface area is 346 Å². The van der Waals surface area contributed by atoms with Gasteiger partial charge in [-0.25, -0.2) is 18.5 Å². The van der Waals surface area contributed by atoms with Crippen molar-refractivity contribution < 1.29 is 76.4 Å². The number of anilines is 1. The van der Waals surface area contributed by atoms with Gasteiger partial charge in [0, 0.05) is 19.0 Å². The summed E-state index contributed by atoms with van der Waals surface area (Å²) < 4.78 is 52.9. The molecule has 2 unspecified atom stereocenters. The van der Waals surface area contributed by atoms with E-state index < -0.39 is 66.4 Å². The van der Waals surface area contributed by atoms with E-state index in [-0.39, 0.29) is 89.1 Å². The molecule has 2 heterocycles. The molecule has 24 heteroatoms. The maximum atomic E-state index is 12.9. The molecule has 16 atom stereocenters. The molecule has 1 amide bonds. The highest BCUT2D eigenvalue weighted by Gasteiger charge is 2.65. The molecule has 6 rings (SSSR count). The van der Waals surface area contributed by atoms with Crippen LogP contribution in [-0.2, 0) is 36.4 Å². The van der Waals surface area contributed by atoms with Gasteiger partial charge in [0.1, 0.15) is 18.1 Å². The fourth-order valence-electron chi connectivity index (χ4n) is 11.4. The van der Waals surface area contributed by atoms with E-state index >= 15 is 0 Å². The number of nitrogen functional groups attached to an aromatic ring is 1. The Morgan fingerprint density at radius 1 is 1.02 bits per heavy atom. The van der Waals surface area contributed by atoms with Crippen molar-refractivity contribution in [2.24, 2.45) is 46.3 Å². The number of carbonyl (C=O) groups excluding carboxylic acids is 1. The third-order valence-corrected chi connectivity index (χ3v) is 18.1. The van der Waals surface area contributed by atoms with Crippen molar-refractivity contribution in [3.63, 3.8) is 0 Å². The summed E-state index contributed by atoms with van der Waals surface area (Å²) in [6.07, 6.45) is 1.94. The number of aliphatic hydroxyl groups is 4. The number of phosphoric acid groups is 3. The zero-order chi connectivity index (χ0) is 44.2. The van der Waals surface area contributed by atoms with Crippen molar-refractivity contribution in [2.75, 3.05) is 18.9 Å². The largest absolute Gasteiger partial charge is 0.490 e. The summed E-state index contributed by atoms with van der Waals surface area (Å²) in [7, 11) is -16.9. The van der Waals surface area contributed by atoms with Crippen LogP contribution < -0.4 is 16.7 Å². The Morgan fingerprint density at radius 2 is 1.73 bits per heavy atom. The Kier molecular flexibility index (Phi) is 14.1. The molecule has 1 saturated heterocycles. The molecular formula is C36H57N4O17P3. The molecule has 4 aliphatic carbocycles. The fourth-order valence-corrected chi connectivity index (χ4v) is 14.4. The van der Waals surface area contributed by atoms with Crippen LogP contribution in [0, 0.1) is 58.2 Å². The lowest BCUT2D eigenvalue weighted by Gasteiger charge is -2.63. The molecular weight excluding hydrogens is 853 g/mol. The Morgan fingerprint density at radius 3 is 2.43 bits per heavy atom. The van der Waals surface area contributed by atoms with Crippen LogP contribution in [-0.4, -0.2) is 99.1 Å². The normalized spacial score (nSPS) is 38.9. The summed E-state index contributed by atoms with van der Waals surface area (Å²) in [5, 5.41) is 47.0. The standard InChI is InChI=1S/C36H57N4O17P3/c1-19(23-7-8-24-32-25(15-29(44)36(23,24)3)35(2)11-10-22(41)13-21(35)14-27(32)43)6-9-30(45)38-12-4-5-20-17-40(34(46)39-33(20)37)31-16-26(42)28(55-31)18-54-59(50,51)57-60(52,53)56-58(47,48)49/h17,19,21-29,31-32,41-44H,6-16,18H2,1-3H3,(H,38,45)(H,50,51)(H,52,53)(H2,37,39,46)(H2,47,48,49)/t19-,21+,22-,23-,24+,25+,26+,27-,28-,29+,31-,32+,35+,36-/m1/s1. The van der Waals surface area contributed by atoms with Gasteiger partial charge in [-0.2, -0.15) is 13.6 Å². The van der Waals surface area contributed by atoms with E-state index in [1.54, 1.807) is 0 Å². The third kappa shape index (κ3) is 10.1. The molecule has 0 radical (unpaired) electrons. The van der Waals surface area contributed by atoms with Crippen molar-refractivity contribution >= 4 is 35.2 Å². The first-order chi connectivity index (χ1) is 27.8. The summed E-state index contributed by atoms with van der Waals surface area (Å²) in [6, 6.07) is 0. The molecule has 0 aromatic carbocycles. The first-order valence-electron chi connectivity index (χ1n) is 20.1. The Bertz CT molecular complexity index is 2040. The molecule has 5 fully saturated rings. The second kappa shape index (κ2) is 17.8. The van der Waals surface area contributed by atoms with Crippen LogP contribution in [0.5, 0.6) is 0 Å². The van der Waals surface area contributed by atoms with E-state index in [4.69, 9.17) is 20.3 Å². The highest BCUT2D eigenvalue weighted by molar-refractivity contribution is 7.66. The van der Waals surface area contributed by atoms with Crippen LogP contribution in [0.4, 0.5) is 5.82 Å². The van der Waals surface area contributed by atoms with Crippen molar-refractivity contribution in [1.82, 2.24) is 14.9 Å². The predicted octanol–water partition coefficient (Wildman–Crippen LogP) is 1.66. The van der Waals surface area contributed by atoms with Gasteiger partial charge in [0.15, 0.2) is 0 Å². The summed E-state index contributed by atoms with van der Waals surface area (Å²) >= 11 is 0. The molecule has 338 valence electrons. The number of aliphatic hydroxyl groups excluding tert-OH is 4. The van der Waals surface area contributed by atoms with Crippen LogP contribution in [0.2, 0.25) is 0 Å². The number of rotatable bonds is 13. The van der Waals surface area contributed by atoms with E-state index in [0.29, 0.717) is 25.7 Å². The fraction of sp³-hybridized carbons (Fsp3) is 0.806. The van der Waals surface area contributed by atoms with Crippen LogP contribution in [0.3, 0.4) is 0 Å². The van der Waals surface area contributed by atoms with Gasteiger partial charge >= 0.3 is 29.2 Å². The Hall–Kier alpha value is -2.08. The molecule has 4 saturated carbocycles. The predicted molar refractivity (Wildman–Crippen MR) is 210 cm³/mol. The minimum Gasteiger partial charge on any atom is -0.393 e. The third-order valence-electron chi connectivity index (χ3n) is 14.3. The second-order valence-corrected chi connectivity index (χ2v) is 22.1. The van der Waals surface area contributed by atoms with E-state index in [2.05, 4.69) is 56.1 Å². The maximum absolute atomic E-state index is 12.9. The molecule has 0 spiro atoms. The van der Waals surface area contributed by atoms with Gasteiger partial charge in [0.2, 0.25) is 5.91 Å². The van der Waals surface area contributed by atoms with Gasteiger partial charge in [-0.15, -0.1) is 0 Å². The molecule has 21 nitrogen and oxygen atoms in total. The first-order valence-corrected chi connectivity index (χ1v) is 24.7. The highest BCUT2D eigenvalue weighted by Crippen LogP contribution is 2.69. The number of hydrogen-bond acceptors (Lipinski definition) is 15. The topological polar surface area (TPSA) is 340 Å². The number of fused-ring (bicyclic) bond motifs is 5. The lowest BCUT2D eigenvalue weighted by Crippen LogP contribution is -2.62. The van der Waals surface area contributed by atoms with E-state index in [0.717, 1.165) is 30.3 Å². The SMILES string of the molecule is C[C@H](CCC(=O)NCC#Cc1cn([C@H]2C[C@H](O)[C@@H](COP(=O)(O)OP(=O)(O)OP(=O)(O)O)O2)c(=O)nc1N)[C@H]1CC[C@H]2[C@@H]3[C@H](O)C[C@@H]4C[C@H](O)CC[C@]4(C)[C@H]3C[C@H](O)[C@]12C. The molecule has 1 aliphatic heterocycles. The number of phosphoric ester groups is 1. The average molecular weight is 911 g/mol. The molecule has 5 aliphatic rings. The minimum absolute atomic E-state index is 0.0146. The summed E-state index contributed by atoms with van der Waals surface area (Å²) in [5.41, 5.74) is 4.71. The number of ether oxygens (including phenoxy) is 1. The Balaban J connectivity index is 0.998. The average Bonchev–Trinajstić information content (AvgIpc) is 3.68. The van der Waals surface area contributed by atoms with Crippen LogP contribution in [0.25, 0.3) is 0 Å². The number of amides is 1. The molecule has 11 N–H and O–H groups in total. The van der Waals surface area contributed by atoms with E-state index in [1.165, 1.54) is 6.20 Å². The van der Waals surface area contributed by atoms with Crippen molar-refractivity contribution in [3.8, 4) is 11.8 Å². The molecule has 0 bridgehead atoms. The highest BCUT2D eigenvalue weighted by atomic mass is 31.3. The van der Waals surface area contributed by atoms with Gasteiger partial charge < -0.3 is 55.8 Å². The number of nitrogens with zero attached hydrogens (tertiary/aromatic N) is 2. The van der Waals surface area contributed by atoms with E-state index in [1.807, 2.05) is 0 Å². The minimum atomic E-state index is -5.76. The maximum Gasteiger partial charge on any atom is 0.490 e. The monoisotopic (exact) mass is 910 g/mol. The van der Waals surface area contributed by atoms with Crippen molar-refractivity contribution in [1.29, 1.82) is 0 Å². The number of nitrogens with one attached hydrogen (secondary N) is 1. The van der Waals surface area contributed by atoms with Crippen LogP contribution in [0.15, 0.2) is 11.0 Å². The van der Waals surface area contributed by atoms with Crippen molar-refractivity contribution in [2.45, 2.75) is 122 Å². The molecule has 1 aromatic rings. The quantitative estimate of drug-likeness (QED) is 0.0994. The number of carbonyl (C=O) groups is 1. The van der Waals surface area contributed by atoms with Crippen LogP contribution >= 0.6 is 23.5 Å². The molecule has 1 aromatic heterocycles. The number of hydrogen-bond donors (Lipinski definition) is 10. The van der Waals surface area contributed by atoms with Crippen LogP contribution in [0.1, 0.15) is 96.8 Å². The zero-order valence-corrected chi connectivity index (χ0v) is 36.2. The zero-order valence-electron chi connectivity index (χ0n) is 33.6.